The van der Waals surface area contributed by atoms with E-state index in [1.165, 1.54) is 0 Å². The first-order valence-corrected chi connectivity index (χ1v) is 1.47. The summed E-state index contributed by atoms with van der Waals surface area (Å²) >= 11 is 0. The van der Waals surface area contributed by atoms with Crippen molar-refractivity contribution < 1.29 is 18.1 Å². The molecule has 5 heteroatoms. The fraction of sp³-hybridized carbons (Fsp3) is 0. The van der Waals surface area contributed by atoms with Crippen LogP contribution >= 0.6 is 0 Å². The highest BCUT2D eigenvalue weighted by Crippen LogP contribution is 1.93. The average molecular weight is 110 g/mol. The Labute approximate surface area is 38.6 Å². The molecule has 0 rings (SSSR count). The van der Waals surface area contributed by atoms with Crippen LogP contribution < -0.4 is 0 Å². The molecular formula is C2H2BF3O. The zero-order valence-corrected chi connectivity index (χ0v) is 3.24. The summed E-state index contributed by atoms with van der Waals surface area (Å²) in [5, 5.41) is 7.44. The van der Waals surface area contributed by atoms with Gasteiger partial charge in [-0.05, 0) is 0 Å². The van der Waals surface area contributed by atoms with E-state index >= 15 is 0 Å². The van der Waals surface area contributed by atoms with Crippen molar-refractivity contribution in [3.05, 3.63) is 12.0 Å². The molecule has 1 nitrogen and oxygen atoms in total. The number of rotatable bonds is 1. The molecule has 0 saturated carbocycles. The molecule has 0 aromatic heterocycles. The van der Waals surface area contributed by atoms with Crippen LogP contribution in [0.5, 0.6) is 0 Å². The van der Waals surface area contributed by atoms with Crippen molar-refractivity contribution in [1.82, 2.24) is 0 Å². The van der Waals surface area contributed by atoms with Crippen molar-refractivity contribution in [3.63, 3.8) is 0 Å². The second-order valence-electron chi connectivity index (χ2n) is 0.824. The van der Waals surface area contributed by atoms with Crippen LogP contribution in [0, 0.1) is 0 Å². The molecular weight excluding hydrogens is 108 g/mol. The number of halogens is 3. The first-order chi connectivity index (χ1) is 3.13. The summed E-state index contributed by atoms with van der Waals surface area (Å²) in [7, 11) is -2.91. The summed E-state index contributed by atoms with van der Waals surface area (Å²) in [5.41, 5.74) is 0. The Bertz CT molecular complexity index is 77.0. The van der Waals surface area contributed by atoms with E-state index in [0.29, 0.717) is 0 Å². The smallest absolute Gasteiger partial charge is 0.487 e. The van der Waals surface area contributed by atoms with Crippen LogP contribution in [-0.4, -0.2) is 12.4 Å². The van der Waals surface area contributed by atoms with E-state index in [2.05, 4.69) is 0 Å². The number of aliphatic hydroxyl groups excluding tert-OH is 1. The Morgan fingerprint density at radius 2 is 2.00 bits per heavy atom. The molecule has 0 aromatic carbocycles. The van der Waals surface area contributed by atoms with Crippen LogP contribution in [0.25, 0.3) is 0 Å². The molecule has 0 radical (unpaired) electrons. The minimum absolute atomic E-state index is 0.194. The Balaban J connectivity index is 3.45. The van der Waals surface area contributed by atoms with Crippen LogP contribution in [0.2, 0.25) is 0 Å². The molecule has 0 spiro atoms. The first kappa shape index (κ1) is 6.39. The van der Waals surface area contributed by atoms with E-state index in [9.17, 15) is 13.0 Å². The number of hydrogen-bond acceptors (Lipinski definition) is 1. The van der Waals surface area contributed by atoms with E-state index < -0.39 is 13.3 Å². The fourth-order valence-corrected chi connectivity index (χ4v) is 0.104. The minimum atomic E-state index is -2.91. The zero-order chi connectivity index (χ0) is 5.86. The molecule has 1 N–H and O–H groups in total. The summed E-state index contributed by atoms with van der Waals surface area (Å²) < 4.78 is 32.5. The first-order valence-electron chi connectivity index (χ1n) is 1.47. The molecule has 0 fully saturated rings. The number of hydrogen-bond donors (Lipinski definition) is 1. The summed E-state index contributed by atoms with van der Waals surface area (Å²) in [6.07, 6.45) is 0. The Kier molecular flexibility index (Phi) is 2.33. The standard InChI is InChI=1S/C2H2BF3O/c4-2(7)1-3(5)6/h1,7H/b2-1+. The SMILES string of the molecule is O/C(F)=C/B(F)F. The van der Waals surface area contributed by atoms with Crippen molar-refractivity contribution >= 4 is 7.27 Å². The zero-order valence-electron chi connectivity index (χ0n) is 3.24. The molecule has 7 heavy (non-hydrogen) atoms. The fourth-order valence-electron chi connectivity index (χ4n) is 0.104. The van der Waals surface area contributed by atoms with Gasteiger partial charge in [0.1, 0.15) is 0 Å². The van der Waals surface area contributed by atoms with Crippen LogP contribution in [0.15, 0.2) is 12.0 Å². The van der Waals surface area contributed by atoms with Crippen molar-refractivity contribution in [2.24, 2.45) is 0 Å². The second kappa shape index (κ2) is 2.55. The van der Waals surface area contributed by atoms with Gasteiger partial charge in [0.25, 0.3) is 6.01 Å². The molecule has 0 bridgehead atoms. The monoisotopic (exact) mass is 110 g/mol. The Hall–Kier alpha value is -0.605. The summed E-state index contributed by atoms with van der Waals surface area (Å²) in [4.78, 5) is 0. The largest absolute Gasteiger partial charge is 0.571 e. The third-order valence-electron chi connectivity index (χ3n) is 0.264. The van der Waals surface area contributed by atoms with Gasteiger partial charge in [0.05, 0.1) is 0 Å². The van der Waals surface area contributed by atoms with Crippen LogP contribution in [0.4, 0.5) is 13.0 Å². The molecule has 40 valence electrons. The molecule has 0 unspecified atom stereocenters. The third-order valence-corrected chi connectivity index (χ3v) is 0.264. The van der Waals surface area contributed by atoms with Crippen molar-refractivity contribution in [2.75, 3.05) is 0 Å². The summed E-state index contributed by atoms with van der Waals surface area (Å²) in [6, 6.07) is -1.84. The molecule has 0 atom stereocenters. The molecule has 0 aliphatic carbocycles. The second-order valence-corrected chi connectivity index (χ2v) is 0.824. The molecule has 0 aliphatic rings. The minimum Gasteiger partial charge on any atom is -0.487 e. The molecule has 0 saturated heterocycles. The Morgan fingerprint density at radius 1 is 1.57 bits per heavy atom. The van der Waals surface area contributed by atoms with Gasteiger partial charge in [-0.15, -0.1) is 0 Å². The van der Waals surface area contributed by atoms with Gasteiger partial charge in [-0.25, -0.2) is 0 Å². The molecule has 0 heterocycles. The van der Waals surface area contributed by atoms with Crippen LogP contribution in [-0.2, 0) is 0 Å². The van der Waals surface area contributed by atoms with Gasteiger partial charge < -0.3 is 5.11 Å². The van der Waals surface area contributed by atoms with Gasteiger partial charge >= 0.3 is 7.27 Å². The highest BCUT2D eigenvalue weighted by atomic mass is 19.2. The molecule has 0 aliphatic heterocycles. The lowest BCUT2D eigenvalue weighted by molar-refractivity contribution is 0.284. The third kappa shape index (κ3) is 5.39. The lowest BCUT2D eigenvalue weighted by Gasteiger charge is -1.77. The molecule has 0 aromatic rings. The lowest BCUT2D eigenvalue weighted by Crippen LogP contribution is -1.89. The summed E-state index contributed by atoms with van der Waals surface area (Å²) in [5.74, 6) is -0.194. The van der Waals surface area contributed by atoms with E-state index in [0.717, 1.165) is 0 Å². The van der Waals surface area contributed by atoms with Gasteiger partial charge in [0.2, 0.25) is 0 Å². The van der Waals surface area contributed by atoms with Crippen LogP contribution in [0.3, 0.4) is 0 Å². The van der Waals surface area contributed by atoms with E-state index in [-0.39, 0.29) is 5.98 Å². The quantitative estimate of drug-likeness (QED) is 0.398. The van der Waals surface area contributed by atoms with Crippen molar-refractivity contribution in [1.29, 1.82) is 0 Å². The van der Waals surface area contributed by atoms with Crippen LogP contribution in [0.1, 0.15) is 0 Å². The van der Waals surface area contributed by atoms with Gasteiger partial charge in [0.15, 0.2) is 0 Å². The average Bonchev–Trinajstić information content (AvgIpc) is 1.27. The van der Waals surface area contributed by atoms with E-state index in [1.807, 2.05) is 0 Å². The highest BCUT2D eigenvalue weighted by molar-refractivity contribution is 6.49. The predicted molar refractivity (Wildman–Crippen MR) is 19.8 cm³/mol. The van der Waals surface area contributed by atoms with Crippen molar-refractivity contribution in [3.8, 4) is 0 Å². The van der Waals surface area contributed by atoms with Crippen molar-refractivity contribution in [2.45, 2.75) is 0 Å². The van der Waals surface area contributed by atoms with E-state index in [4.69, 9.17) is 5.11 Å². The highest BCUT2D eigenvalue weighted by Gasteiger charge is 2.08. The topological polar surface area (TPSA) is 20.2 Å². The maximum Gasteiger partial charge on any atom is 0.571 e. The normalized spacial score (nSPS) is 11.6. The van der Waals surface area contributed by atoms with Gasteiger partial charge in [-0.2, -0.15) is 4.39 Å². The lowest BCUT2D eigenvalue weighted by atomic mass is 10.0. The Morgan fingerprint density at radius 3 is 2.00 bits per heavy atom. The van der Waals surface area contributed by atoms with Gasteiger partial charge in [-0.1, -0.05) is 0 Å². The van der Waals surface area contributed by atoms with Gasteiger partial charge in [-0.3, -0.25) is 8.63 Å². The maximum atomic E-state index is 10.9. The maximum absolute atomic E-state index is 10.9. The predicted octanol–water partition coefficient (Wildman–Crippen LogP) is 1.32. The van der Waals surface area contributed by atoms with Gasteiger partial charge in [0, 0.05) is 5.98 Å². The molecule has 0 amide bonds. The summed E-state index contributed by atoms with van der Waals surface area (Å²) in [6.45, 7) is 0. The van der Waals surface area contributed by atoms with E-state index in [1.54, 1.807) is 0 Å². The number of aliphatic hydroxyl groups is 1.